The van der Waals surface area contributed by atoms with E-state index in [1.165, 1.54) is 6.07 Å². The zero-order valence-corrected chi connectivity index (χ0v) is 10.4. The van der Waals surface area contributed by atoms with Gasteiger partial charge in [0.05, 0.1) is 0 Å². The predicted octanol–water partition coefficient (Wildman–Crippen LogP) is 3.48. The summed E-state index contributed by atoms with van der Waals surface area (Å²) in [5.41, 5.74) is 2.01. The normalized spacial score (nSPS) is 11.8. The zero-order valence-electron chi connectivity index (χ0n) is 10.4. The minimum atomic E-state index is -0.195. The molecule has 2 heteroatoms. The van der Waals surface area contributed by atoms with E-state index in [0.29, 0.717) is 0 Å². The second kappa shape index (κ2) is 5.44. The highest BCUT2D eigenvalue weighted by Gasteiger charge is 2.26. The SMILES string of the molecule is CCC(CC)(CO)Cc1cc(F)ccc1C. The van der Waals surface area contributed by atoms with Crippen LogP contribution >= 0.6 is 0 Å². The number of aryl methyl sites for hydroxylation is 1. The minimum absolute atomic E-state index is 0.0987. The molecule has 0 aromatic heterocycles. The Balaban J connectivity index is 2.97. The van der Waals surface area contributed by atoms with Crippen molar-refractivity contribution < 1.29 is 9.50 Å². The monoisotopic (exact) mass is 224 g/mol. The van der Waals surface area contributed by atoms with Crippen LogP contribution in [0.5, 0.6) is 0 Å². The number of aliphatic hydroxyl groups is 1. The van der Waals surface area contributed by atoms with E-state index in [0.717, 1.165) is 30.4 Å². The Morgan fingerprint density at radius 2 is 1.88 bits per heavy atom. The van der Waals surface area contributed by atoms with Gasteiger partial charge in [-0.3, -0.25) is 0 Å². The third kappa shape index (κ3) is 2.82. The summed E-state index contributed by atoms with van der Waals surface area (Å²) in [5, 5.41) is 9.50. The zero-order chi connectivity index (χ0) is 12.2. The lowest BCUT2D eigenvalue weighted by molar-refractivity contribution is 0.115. The molecule has 0 spiro atoms. The second-order valence-corrected chi connectivity index (χ2v) is 4.61. The molecule has 0 radical (unpaired) electrons. The van der Waals surface area contributed by atoms with Crippen LogP contribution in [0, 0.1) is 18.2 Å². The van der Waals surface area contributed by atoms with Crippen molar-refractivity contribution in [1.82, 2.24) is 0 Å². The van der Waals surface area contributed by atoms with Crippen LogP contribution in [-0.4, -0.2) is 11.7 Å². The smallest absolute Gasteiger partial charge is 0.123 e. The summed E-state index contributed by atoms with van der Waals surface area (Å²) in [6.45, 7) is 6.31. The van der Waals surface area contributed by atoms with Gasteiger partial charge in [-0.15, -0.1) is 0 Å². The molecule has 16 heavy (non-hydrogen) atoms. The van der Waals surface area contributed by atoms with Gasteiger partial charge in [-0.1, -0.05) is 19.9 Å². The Bertz CT molecular complexity index is 334. The third-order valence-electron chi connectivity index (χ3n) is 3.71. The van der Waals surface area contributed by atoms with Gasteiger partial charge in [0, 0.05) is 6.61 Å². The molecule has 0 fully saturated rings. The fraction of sp³-hybridized carbons (Fsp3) is 0.571. The van der Waals surface area contributed by atoms with E-state index in [2.05, 4.69) is 13.8 Å². The van der Waals surface area contributed by atoms with E-state index in [9.17, 15) is 9.50 Å². The van der Waals surface area contributed by atoms with Gasteiger partial charge in [-0.25, -0.2) is 4.39 Å². The molecule has 0 aliphatic heterocycles. The Kier molecular flexibility index (Phi) is 4.48. The van der Waals surface area contributed by atoms with Crippen LogP contribution in [0.2, 0.25) is 0 Å². The fourth-order valence-corrected chi connectivity index (χ4v) is 2.01. The van der Waals surface area contributed by atoms with E-state index >= 15 is 0 Å². The summed E-state index contributed by atoms with van der Waals surface area (Å²) in [6.07, 6.45) is 2.58. The predicted molar refractivity (Wildman–Crippen MR) is 64.9 cm³/mol. The number of aliphatic hydroxyl groups excluding tert-OH is 1. The van der Waals surface area contributed by atoms with Crippen LogP contribution in [0.1, 0.15) is 37.8 Å². The molecule has 0 atom stereocenters. The molecule has 1 nitrogen and oxygen atoms in total. The molecule has 0 amide bonds. The van der Waals surface area contributed by atoms with Crippen molar-refractivity contribution in [2.24, 2.45) is 5.41 Å². The lowest BCUT2D eigenvalue weighted by atomic mass is 9.77. The highest BCUT2D eigenvalue weighted by atomic mass is 19.1. The van der Waals surface area contributed by atoms with Crippen molar-refractivity contribution in [1.29, 1.82) is 0 Å². The summed E-state index contributed by atoms with van der Waals surface area (Å²) in [7, 11) is 0. The highest BCUT2D eigenvalue weighted by molar-refractivity contribution is 5.27. The van der Waals surface area contributed by atoms with Crippen molar-refractivity contribution in [3.63, 3.8) is 0 Å². The van der Waals surface area contributed by atoms with Gasteiger partial charge in [0.25, 0.3) is 0 Å². The maximum absolute atomic E-state index is 13.2. The van der Waals surface area contributed by atoms with Crippen LogP contribution < -0.4 is 0 Å². The second-order valence-electron chi connectivity index (χ2n) is 4.61. The summed E-state index contributed by atoms with van der Waals surface area (Å²) in [5.74, 6) is -0.195. The molecule has 0 unspecified atom stereocenters. The molecular weight excluding hydrogens is 203 g/mol. The lowest BCUT2D eigenvalue weighted by Crippen LogP contribution is -2.27. The van der Waals surface area contributed by atoms with Crippen molar-refractivity contribution in [3.8, 4) is 0 Å². The lowest BCUT2D eigenvalue weighted by Gasteiger charge is -2.30. The number of rotatable bonds is 5. The highest BCUT2D eigenvalue weighted by Crippen LogP contribution is 2.31. The van der Waals surface area contributed by atoms with Gasteiger partial charge in [0.1, 0.15) is 5.82 Å². The van der Waals surface area contributed by atoms with Crippen LogP contribution in [0.4, 0.5) is 4.39 Å². The molecule has 1 aromatic carbocycles. The van der Waals surface area contributed by atoms with Crippen LogP contribution in [-0.2, 0) is 6.42 Å². The number of hydrogen-bond donors (Lipinski definition) is 1. The standard InChI is InChI=1S/C14H21FO/c1-4-14(5-2,10-16)9-12-8-13(15)7-6-11(12)3/h6-8,16H,4-5,9-10H2,1-3H3. The maximum Gasteiger partial charge on any atom is 0.123 e. The Morgan fingerprint density at radius 3 is 2.38 bits per heavy atom. The molecule has 0 heterocycles. The molecule has 1 rings (SSSR count). The van der Waals surface area contributed by atoms with Crippen molar-refractivity contribution in [2.45, 2.75) is 40.0 Å². The van der Waals surface area contributed by atoms with Gasteiger partial charge in [0.2, 0.25) is 0 Å². The molecule has 1 N–H and O–H groups in total. The first-order valence-electron chi connectivity index (χ1n) is 5.93. The molecule has 90 valence electrons. The number of halogens is 1. The topological polar surface area (TPSA) is 20.2 Å². The fourth-order valence-electron chi connectivity index (χ4n) is 2.01. The van der Waals surface area contributed by atoms with Gasteiger partial charge in [-0.2, -0.15) is 0 Å². The largest absolute Gasteiger partial charge is 0.396 e. The van der Waals surface area contributed by atoms with Crippen LogP contribution in [0.3, 0.4) is 0 Å². The quantitative estimate of drug-likeness (QED) is 0.812. The molecule has 0 bridgehead atoms. The molecular formula is C14H21FO. The molecule has 0 saturated heterocycles. The van der Waals surface area contributed by atoms with E-state index in [-0.39, 0.29) is 17.8 Å². The molecule has 0 saturated carbocycles. The van der Waals surface area contributed by atoms with Gasteiger partial charge in [-0.05, 0) is 54.9 Å². The first-order valence-corrected chi connectivity index (χ1v) is 5.93. The maximum atomic E-state index is 13.2. The molecule has 1 aromatic rings. The Morgan fingerprint density at radius 1 is 1.25 bits per heavy atom. The summed E-state index contributed by atoms with van der Waals surface area (Å²) in [4.78, 5) is 0. The van der Waals surface area contributed by atoms with E-state index in [1.807, 2.05) is 6.92 Å². The summed E-state index contributed by atoms with van der Waals surface area (Å²) >= 11 is 0. The number of hydrogen-bond acceptors (Lipinski definition) is 1. The van der Waals surface area contributed by atoms with Gasteiger partial charge < -0.3 is 5.11 Å². The van der Waals surface area contributed by atoms with E-state index < -0.39 is 0 Å². The van der Waals surface area contributed by atoms with Crippen LogP contribution in [0.15, 0.2) is 18.2 Å². The third-order valence-corrected chi connectivity index (χ3v) is 3.71. The van der Waals surface area contributed by atoms with E-state index in [4.69, 9.17) is 0 Å². The Hall–Kier alpha value is -0.890. The van der Waals surface area contributed by atoms with Crippen molar-refractivity contribution in [3.05, 3.63) is 35.1 Å². The number of benzene rings is 1. The first-order chi connectivity index (χ1) is 7.56. The average Bonchev–Trinajstić information content (AvgIpc) is 2.31. The van der Waals surface area contributed by atoms with Gasteiger partial charge >= 0.3 is 0 Å². The summed E-state index contributed by atoms with van der Waals surface area (Å²) < 4.78 is 13.2. The van der Waals surface area contributed by atoms with E-state index in [1.54, 1.807) is 12.1 Å². The summed E-state index contributed by atoms with van der Waals surface area (Å²) in [6, 6.07) is 4.88. The van der Waals surface area contributed by atoms with Gasteiger partial charge in [0.15, 0.2) is 0 Å². The molecule has 0 aliphatic rings. The van der Waals surface area contributed by atoms with Crippen LogP contribution in [0.25, 0.3) is 0 Å². The first kappa shape index (κ1) is 13.2. The molecule has 0 aliphatic carbocycles. The van der Waals surface area contributed by atoms with Crippen molar-refractivity contribution >= 4 is 0 Å². The minimum Gasteiger partial charge on any atom is -0.396 e. The Labute approximate surface area is 97.3 Å². The van der Waals surface area contributed by atoms with Crippen molar-refractivity contribution in [2.75, 3.05) is 6.61 Å². The average molecular weight is 224 g/mol.